The Morgan fingerprint density at radius 2 is 2.05 bits per heavy atom. The summed E-state index contributed by atoms with van der Waals surface area (Å²) < 4.78 is 36.1. The van der Waals surface area contributed by atoms with Crippen LogP contribution in [0.4, 0.5) is 18.0 Å². The molecule has 0 radical (unpaired) electrons. The van der Waals surface area contributed by atoms with Crippen LogP contribution in [0.3, 0.4) is 0 Å². The summed E-state index contributed by atoms with van der Waals surface area (Å²) >= 11 is 5.72. The molecule has 2 rings (SSSR count). The van der Waals surface area contributed by atoms with Gasteiger partial charge in [-0.25, -0.2) is 4.79 Å². The summed E-state index contributed by atoms with van der Waals surface area (Å²) in [6, 6.07) is 6.92. The van der Waals surface area contributed by atoms with E-state index in [0.717, 1.165) is 18.4 Å². The second-order valence-corrected chi connectivity index (χ2v) is 6.53. The third-order valence-electron chi connectivity index (χ3n) is 3.41. The van der Waals surface area contributed by atoms with Gasteiger partial charge in [-0.3, -0.25) is 0 Å². The van der Waals surface area contributed by atoms with Gasteiger partial charge in [0.1, 0.15) is 0 Å². The Balaban J connectivity index is 1.87. The van der Waals surface area contributed by atoms with Crippen molar-refractivity contribution in [1.29, 1.82) is 0 Å². The fourth-order valence-corrected chi connectivity index (χ4v) is 3.03. The number of hydrogen-bond acceptors (Lipinski definition) is 2. The van der Waals surface area contributed by atoms with E-state index in [1.165, 1.54) is 0 Å². The van der Waals surface area contributed by atoms with E-state index in [9.17, 15) is 18.0 Å². The second kappa shape index (κ2) is 7.46. The molecular formula is C14H16ClF3N2OS. The fourth-order valence-electron chi connectivity index (χ4n) is 2.47. The summed E-state index contributed by atoms with van der Waals surface area (Å²) in [6.45, 7) is 0.596. The maximum Gasteiger partial charge on any atom is 0.441 e. The molecule has 122 valence electrons. The Bertz CT molecular complexity index is 510. The number of thioether (sulfide) groups is 1. The molecule has 1 N–H and O–H groups in total. The van der Waals surface area contributed by atoms with Gasteiger partial charge in [-0.15, -0.1) is 0 Å². The van der Waals surface area contributed by atoms with Gasteiger partial charge < -0.3 is 10.2 Å². The number of alkyl halides is 3. The Morgan fingerprint density at radius 3 is 2.68 bits per heavy atom. The van der Waals surface area contributed by atoms with Crippen molar-refractivity contribution in [2.24, 2.45) is 0 Å². The number of likely N-dealkylation sites (tertiary alicyclic amines) is 1. The monoisotopic (exact) mass is 352 g/mol. The fraction of sp³-hybridized carbons (Fsp3) is 0.500. The SMILES string of the molecule is O=C(NCCSC(F)(F)F)N1CCC[C@H]1c1ccc(Cl)cc1. The van der Waals surface area contributed by atoms with E-state index in [-0.39, 0.29) is 36.1 Å². The Morgan fingerprint density at radius 1 is 1.36 bits per heavy atom. The van der Waals surface area contributed by atoms with Crippen LogP contribution in [0.2, 0.25) is 5.02 Å². The van der Waals surface area contributed by atoms with E-state index < -0.39 is 5.51 Å². The molecule has 0 spiro atoms. The number of carbonyl (C=O) groups is 1. The molecule has 0 saturated carbocycles. The molecule has 1 fully saturated rings. The number of halogens is 4. The molecule has 2 amide bonds. The zero-order valence-corrected chi connectivity index (χ0v) is 13.3. The van der Waals surface area contributed by atoms with E-state index >= 15 is 0 Å². The van der Waals surface area contributed by atoms with Crippen LogP contribution >= 0.6 is 23.4 Å². The van der Waals surface area contributed by atoms with Crippen molar-refractivity contribution in [3.8, 4) is 0 Å². The zero-order chi connectivity index (χ0) is 16.2. The molecular weight excluding hydrogens is 337 g/mol. The molecule has 0 bridgehead atoms. The van der Waals surface area contributed by atoms with Gasteiger partial charge in [0.25, 0.3) is 0 Å². The van der Waals surface area contributed by atoms with E-state index in [4.69, 9.17) is 11.6 Å². The van der Waals surface area contributed by atoms with Crippen LogP contribution in [-0.4, -0.2) is 35.3 Å². The molecule has 1 aliphatic rings. The average Bonchev–Trinajstić information content (AvgIpc) is 2.92. The molecule has 22 heavy (non-hydrogen) atoms. The lowest BCUT2D eigenvalue weighted by Gasteiger charge is -2.25. The molecule has 1 aromatic rings. The Hall–Kier alpha value is -1.08. The van der Waals surface area contributed by atoms with Gasteiger partial charge in [0, 0.05) is 23.9 Å². The zero-order valence-electron chi connectivity index (χ0n) is 11.7. The lowest BCUT2D eigenvalue weighted by Crippen LogP contribution is -2.40. The van der Waals surface area contributed by atoms with Crippen LogP contribution in [0, 0.1) is 0 Å². The molecule has 1 aromatic carbocycles. The van der Waals surface area contributed by atoms with Gasteiger partial charge in [0.2, 0.25) is 0 Å². The predicted molar refractivity (Wildman–Crippen MR) is 82.0 cm³/mol. The average molecular weight is 353 g/mol. The van der Waals surface area contributed by atoms with E-state index in [1.54, 1.807) is 17.0 Å². The summed E-state index contributed by atoms with van der Waals surface area (Å²) in [5.41, 5.74) is -3.27. The molecule has 0 unspecified atom stereocenters. The number of hydrogen-bond donors (Lipinski definition) is 1. The largest absolute Gasteiger partial charge is 0.441 e. The number of amides is 2. The highest BCUT2D eigenvalue weighted by atomic mass is 35.5. The quantitative estimate of drug-likeness (QED) is 0.812. The molecule has 1 heterocycles. The van der Waals surface area contributed by atoms with Crippen molar-refractivity contribution in [1.82, 2.24) is 10.2 Å². The maximum absolute atomic E-state index is 12.1. The number of benzene rings is 1. The normalized spacial score (nSPS) is 18.5. The van der Waals surface area contributed by atoms with Gasteiger partial charge >= 0.3 is 11.5 Å². The van der Waals surface area contributed by atoms with Crippen LogP contribution < -0.4 is 5.32 Å². The number of nitrogens with one attached hydrogen (secondary N) is 1. The first-order chi connectivity index (χ1) is 10.4. The third kappa shape index (κ3) is 4.98. The molecule has 1 saturated heterocycles. The van der Waals surface area contributed by atoms with Crippen LogP contribution in [-0.2, 0) is 0 Å². The first-order valence-electron chi connectivity index (χ1n) is 6.87. The molecule has 8 heteroatoms. The van der Waals surface area contributed by atoms with E-state index in [1.807, 2.05) is 12.1 Å². The Kier molecular flexibility index (Phi) is 5.86. The maximum atomic E-state index is 12.1. The summed E-state index contributed by atoms with van der Waals surface area (Å²) in [5, 5.41) is 3.18. The summed E-state index contributed by atoms with van der Waals surface area (Å²) in [6.07, 6.45) is 1.71. The minimum absolute atomic E-state index is 0.00710. The van der Waals surface area contributed by atoms with Crippen molar-refractivity contribution < 1.29 is 18.0 Å². The van der Waals surface area contributed by atoms with E-state index in [0.29, 0.717) is 11.6 Å². The standard InChI is InChI=1S/C14H16ClF3N2OS/c15-11-5-3-10(4-6-11)12-2-1-8-20(12)13(21)19-7-9-22-14(16,17)18/h3-6,12H,1-2,7-9H2,(H,19,21)/t12-/m0/s1. The number of urea groups is 1. The highest BCUT2D eigenvalue weighted by Crippen LogP contribution is 2.32. The summed E-state index contributed by atoms with van der Waals surface area (Å²) in [4.78, 5) is 13.8. The molecule has 1 aliphatic heterocycles. The number of carbonyl (C=O) groups excluding carboxylic acids is 1. The van der Waals surface area contributed by atoms with Gasteiger partial charge in [-0.05, 0) is 42.3 Å². The number of nitrogens with zero attached hydrogens (tertiary/aromatic N) is 1. The third-order valence-corrected chi connectivity index (χ3v) is 4.40. The van der Waals surface area contributed by atoms with Crippen molar-refractivity contribution in [2.75, 3.05) is 18.8 Å². The van der Waals surface area contributed by atoms with Crippen molar-refractivity contribution in [3.63, 3.8) is 0 Å². The smallest absolute Gasteiger partial charge is 0.337 e. The second-order valence-electron chi connectivity index (χ2n) is 4.93. The van der Waals surface area contributed by atoms with Crippen LogP contribution in [0.5, 0.6) is 0 Å². The van der Waals surface area contributed by atoms with Crippen molar-refractivity contribution >= 4 is 29.4 Å². The predicted octanol–water partition coefficient (Wildman–Crippen LogP) is 4.44. The highest BCUT2D eigenvalue weighted by molar-refractivity contribution is 8.00. The summed E-state index contributed by atoms with van der Waals surface area (Å²) in [5.74, 6) is -0.186. The van der Waals surface area contributed by atoms with Crippen LogP contribution in [0.15, 0.2) is 24.3 Å². The minimum atomic E-state index is -4.26. The topological polar surface area (TPSA) is 32.3 Å². The van der Waals surface area contributed by atoms with E-state index in [2.05, 4.69) is 5.32 Å². The molecule has 0 aliphatic carbocycles. The number of rotatable bonds is 4. The van der Waals surface area contributed by atoms with Crippen LogP contribution in [0.25, 0.3) is 0 Å². The molecule has 3 nitrogen and oxygen atoms in total. The lowest BCUT2D eigenvalue weighted by molar-refractivity contribution is -0.0327. The Labute approximate surface area is 136 Å². The van der Waals surface area contributed by atoms with Gasteiger partial charge in [-0.2, -0.15) is 13.2 Å². The van der Waals surface area contributed by atoms with Gasteiger partial charge in [0.15, 0.2) is 0 Å². The first-order valence-corrected chi connectivity index (χ1v) is 8.24. The highest BCUT2D eigenvalue weighted by Gasteiger charge is 2.30. The summed E-state index contributed by atoms with van der Waals surface area (Å²) in [7, 11) is 0. The van der Waals surface area contributed by atoms with Crippen LogP contribution in [0.1, 0.15) is 24.4 Å². The first kappa shape index (κ1) is 17.3. The molecule has 1 atom stereocenters. The van der Waals surface area contributed by atoms with Crippen molar-refractivity contribution in [2.45, 2.75) is 24.4 Å². The van der Waals surface area contributed by atoms with Crippen molar-refractivity contribution in [3.05, 3.63) is 34.9 Å². The minimum Gasteiger partial charge on any atom is -0.337 e. The molecule has 0 aromatic heterocycles. The lowest BCUT2D eigenvalue weighted by atomic mass is 10.1. The van der Waals surface area contributed by atoms with Gasteiger partial charge in [-0.1, -0.05) is 23.7 Å². The van der Waals surface area contributed by atoms with Gasteiger partial charge in [0.05, 0.1) is 6.04 Å².